The van der Waals surface area contributed by atoms with Crippen LogP contribution in [0.3, 0.4) is 0 Å². The maximum Gasteiger partial charge on any atom is 0.247 e. The van der Waals surface area contributed by atoms with Crippen LogP contribution in [0.2, 0.25) is 0 Å². The number of fused-ring (bicyclic) bond motifs is 1. The van der Waals surface area contributed by atoms with Crippen LogP contribution in [0.15, 0.2) is 11.1 Å². The van der Waals surface area contributed by atoms with Crippen molar-refractivity contribution in [3.8, 4) is 5.88 Å². The van der Waals surface area contributed by atoms with Crippen LogP contribution >= 0.6 is 0 Å². The van der Waals surface area contributed by atoms with Crippen molar-refractivity contribution in [1.82, 2.24) is 14.5 Å². The van der Waals surface area contributed by atoms with E-state index in [2.05, 4.69) is 9.82 Å². The fraction of sp³-hybridized carbons (Fsp3) is 0.769. The average Bonchev–Trinajstić information content (AvgIpc) is 2.88. The normalized spacial score (nSPS) is 15.6. The molecule has 120 valence electrons. The molecule has 0 aliphatic carbocycles. The number of aliphatic hydroxyl groups is 1. The molecule has 0 bridgehead atoms. The fourth-order valence-corrected chi connectivity index (χ4v) is 3.56. The van der Waals surface area contributed by atoms with Gasteiger partial charge in [0.15, 0.2) is 4.90 Å². The topological polar surface area (TPSA) is 93.5 Å². The number of hydrogen-bond acceptors (Lipinski definition) is 5. The molecule has 1 aliphatic heterocycles. The largest absolute Gasteiger partial charge is 0.477 e. The van der Waals surface area contributed by atoms with Gasteiger partial charge in [0.25, 0.3) is 0 Å². The quantitative estimate of drug-likeness (QED) is 0.774. The molecule has 0 atom stereocenters. The summed E-state index contributed by atoms with van der Waals surface area (Å²) in [6.07, 6.45) is 3.56. The predicted molar refractivity (Wildman–Crippen MR) is 77.6 cm³/mol. The molecular weight excluding hydrogens is 294 g/mol. The Morgan fingerprint density at radius 2 is 2.29 bits per heavy atom. The average molecular weight is 317 g/mol. The van der Waals surface area contributed by atoms with Crippen molar-refractivity contribution >= 4 is 10.0 Å². The van der Waals surface area contributed by atoms with E-state index in [0.29, 0.717) is 32.0 Å². The van der Waals surface area contributed by atoms with Gasteiger partial charge in [-0.2, -0.15) is 5.10 Å². The van der Waals surface area contributed by atoms with Crippen molar-refractivity contribution in [2.75, 3.05) is 19.8 Å². The Morgan fingerprint density at radius 3 is 3.00 bits per heavy atom. The predicted octanol–water partition coefficient (Wildman–Crippen LogP) is 0.743. The van der Waals surface area contributed by atoms with Gasteiger partial charge in [-0.05, 0) is 18.3 Å². The Balaban J connectivity index is 2.07. The fourth-order valence-electron chi connectivity index (χ4n) is 2.24. The highest BCUT2D eigenvalue weighted by Gasteiger charge is 2.28. The lowest BCUT2D eigenvalue weighted by atomic mass is 9.88. The van der Waals surface area contributed by atoms with Gasteiger partial charge in [0.05, 0.1) is 12.8 Å². The van der Waals surface area contributed by atoms with E-state index in [4.69, 9.17) is 9.84 Å². The second kappa shape index (κ2) is 6.33. The summed E-state index contributed by atoms with van der Waals surface area (Å²) in [5, 5.41) is 12.9. The summed E-state index contributed by atoms with van der Waals surface area (Å²) in [4.78, 5) is 0.0974. The minimum Gasteiger partial charge on any atom is -0.477 e. The van der Waals surface area contributed by atoms with Gasteiger partial charge in [0.1, 0.15) is 0 Å². The molecule has 8 heteroatoms. The number of aromatic nitrogens is 2. The van der Waals surface area contributed by atoms with Crippen LogP contribution in [0.1, 0.15) is 33.1 Å². The molecule has 2 heterocycles. The highest BCUT2D eigenvalue weighted by molar-refractivity contribution is 7.89. The number of aryl methyl sites for hydroxylation is 1. The first-order valence-corrected chi connectivity index (χ1v) is 8.63. The van der Waals surface area contributed by atoms with E-state index in [1.165, 1.54) is 6.20 Å². The molecule has 1 aliphatic rings. The van der Waals surface area contributed by atoms with Crippen LogP contribution in [-0.4, -0.2) is 43.1 Å². The van der Waals surface area contributed by atoms with Gasteiger partial charge in [-0.15, -0.1) is 0 Å². The number of sulfonamides is 1. The van der Waals surface area contributed by atoms with Crippen molar-refractivity contribution in [3.63, 3.8) is 0 Å². The lowest BCUT2D eigenvalue weighted by Crippen LogP contribution is -2.34. The summed E-state index contributed by atoms with van der Waals surface area (Å²) in [6.45, 7) is 5.54. The minimum atomic E-state index is -3.64. The number of aliphatic hydroxyl groups excluding tert-OH is 1. The van der Waals surface area contributed by atoms with Crippen LogP contribution in [-0.2, 0) is 16.6 Å². The zero-order valence-corrected chi connectivity index (χ0v) is 13.3. The zero-order chi connectivity index (χ0) is 15.5. The second-order valence-corrected chi connectivity index (χ2v) is 7.79. The highest BCUT2D eigenvalue weighted by atomic mass is 32.2. The third kappa shape index (κ3) is 3.96. The third-order valence-electron chi connectivity index (χ3n) is 3.55. The number of nitrogens with one attached hydrogen (secondary N) is 1. The second-order valence-electron chi connectivity index (χ2n) is 6.06. The molecule has 1 aromatic heterocycles. The molecule has 0 fully saturated rings. The number of nitrogens with zero attached hydrogens (tertiary/aromatic N) is 2. The molecular formula is C13H23N3O4S. The first kappa shape index (κ1) is 16.3. The first-order valence-electron chi connectivity index (χ1n) is 7.15. The van der Waals surface area contributed by atoms with E-state index in [-0.39, 0.29) is 16.9 Å². The van der Waals surface area contributed by atoms with E-state index in [1.807, 2.05) is 13.8 Å². The molecule has 0 aromatic carbocycles. The molecule has 2 N–H and O–H groups in total. The molecule has 0 unspecified atom stereocenters. The summed E-state index contributed by atoms with van der Waals surface area (Å²) in [5.41, 5.74) is -0.218. The van der Waals surface area contributed by atoms with Crippen molar-refractivity contribution in [1.29, 1.82) is 0 Å². The summed E-state index contributed by atoms with van der Waals surface area (Å²) in [5.74, 6) is 0.321. The van der Waals surface area contributed by atoms with Gasteiger partial charge in [0, 0.05) is 26.1 Å². The maximum absolute atomic E-state index is 12.4. The molecule has 1 aromatic rings. The van der Waals surface area contributed by atoms with Gasteiger partial charge >= 0.3 is 0 Å². The summed E-state index contributed by atoms with van der Waals surface area (Å²) in [6, 6.07) is 0. The molecule has 21 heavy (non-hydrogen) atoms. The zero-order valence-electron chi connectivity index (χ0n) is 12.5. The molecule has 2 rings (SSSR count). The Bertz CT molecular complexity index is 580. The molecule has 0 radical (unpaired) electrons. The van der Waals surface area contributed by atoms with E-state index in [0.717, 1.165) is 12.8 Å². The molecule has 0 amide bonds. The van der Waals surface area contributed by atoms with Gasteiger partial charge in [0.2, 0.25) is 15.9 Å². The van der Waals surface area contributed by atoms with Gasteiger partial charge in [-0.3, -0.25) is 0 Å². The Labute approximate surface area is 125 Å². The molecule has 0 saturated heterocycles. The smallest absolute Gasteiger partial charge is 0.247 e. The number of ether oxygens (including phenoxy) is 1. The lowest BCUT2D eigenvalue weighted by molar-refractivity contribution is 0.224. The number of rotatable bonds is 7. The standard InChI is InChI=1S/C13H23N3O4S/c1-13(2,5-3-7-17)10-15-21(18,19)11-9-14-16-6-4-8-20-12(11)16/h9,15,17H,3-8,10H2,1-2H3. The van der Waals surface area contributed by atoms with Crippen LogP contribution in [0.25, 0.3) is 0 Å². The molecule has 7 nitrogen and oxygen atoms in total. The van der Waals surface area contributed by atoms with E-state index < -0.39 is 10.0 Å². The van der Waals surface area contributed by atoms with Gasteiger partial charge < -0.3 is 9.84 Å². The van der Waals surface area contributed by atoms with Gasteiger partial charge in [-0.1, -0.05) is 13.8 Å². The third-order valence-corrected chi connectivity index (χ3v) is 4.94. The SMILES string of the molecule is CC(C)(CCCO)CNS(=O)(=O)c1cnn2c1OCCC2. The van der Waals surface area contributed by atoms with E-state index in [1.54, 1.807) is 4.68 Å². The Morgan fingerprint density at radius 1 is 1.52 bits per heavy atom. The van der Waals surface area contributed by atoms with Crippen LogP contribution in [0.5, 0.6) is 5.88 Å². The minimum absolute atomic E-state index is 0.0974. The van der Waals surface area contributed by atoms with Crippen molar-refractivity contribution in [3.05, 3.63) is 6.20 Å². The van der Waals surface area contributed by atoms with E-state index >= 15 is 0 Å². The van der Waals surface area contributed by atoms with Crippen molar-refractivity contribution in [2.24, 2.45) is 5.41 Å². The summed E-state index contributed by atoms with van der Waals surface area (Å²) in [7, 11) is -3.64. The van der Waals surface area contributed by atoms with Crippen LogP contribution in [0, 0.1) is 5.41 Å². The van der Waals surface area contributed by atoms with E-state index in [9.17, 15) is 8.42 Å². The number of hydrogen-bond donors (Lipinski definition) is 2. The summed E-state index contributed by atoms with van der Waals surface area (Å²) < 4.78 is 34.4. The van der Waals surface area contributed by atoms with Gasteiger partial charge in [-0.25, -0.2) is 17.8 Å². The first-order chi connectivity index (χ1) is 9.86. The van der Waals surface area contributed by atoms with Crippen molar-refractivity contribution < 1.29 is 18.3 Å². The maximum atomic E-state index is 12.4. The highest BCUT2D eigenvalue weighted by Crippen LogP contribution is 2.27. The monoisotopic (exact) mass is 317 g/mol. The molecule has 0 saturated carbocycles. The molecule has 0 spiro atoms. The van der Waals surface area contributed by atoms with Crippen LogP contribution < -0.4 is 9.46 Å². The lowest BCUT2D eigenvalue weighted by Gasteiger charge is -2.24. The Hall–Kier alpha value is -1.12. The Kier molecular flexibility index (Phi) is 4.90. The summed E-state index contributed by atoms with van der Waals surface area (Å²) >= 11 is 0. The van der Waals surface area contributed by atoms with Crippen molar-refractivity contribution in [2.45, 2.75) is 44.6 Å². The van der Waals surface area contributed by atoms with Crippen LogP contribution in [0.4, 0.5) is 0 Å².